The Hall–Kier alpha value is -0.880. The molecule has 0 aliphatic heterocycles. The predicted octanol–water partition coefficient (Wildman–Crippen LogP) is 3.21. The van der Waals surface area contributed by atoms with Gasteiger partial charge in [0.1, 0.15) is 5.75 Å². The molecule has 0 aliphatic carbocycles. The van der Waals surface area contributed by atoms with Crippen molar-refractivity contribution in [3.05, 3.63) is 29.8 Å². The van der Waals surface area contributed by atoms with Gasteiger partial charge in [-0.3, -0.25) is 0 Å². The minimum absolute atomic E-state index is 0.000815. The number of methoxy groups -OCH3 is 1. The van der Waals surface area contributed by atoms with Crippen LogP contribution in [0.5, 0.6) is 5.75 Å². The number of nitrogens with two attached hydrogens (primary N) is 1. The van der Waals surface area contributed by atoms with Gasteiger partial charge < -0.3 is 10.5 Å². The average Bonchev–Trinajstić information content (AvgIpc) is 2.28. The molecule has 0 bridgehead atoms. The first-order valence-electron chi connectivity index (χ1n) is 5.50. The largest absolute Gasteiger partial charge is 0.497 e. The molecule has 1 aromatic carbocycles. The Bertz CT molecular complexity index is 353. The van der Waals surface area contributed by atoms with Crippen LogP contribution in [0.15, 0.2) is 24.3 Å². The van der Waals surface area contributed by atoms with Gasteiger partial charge in [0.2, 0.25) is 0 Å². The highest BCUT2D eigenvalue weighted by Gasteiger charge is 2.27. The SMILES string of the molecule is COc1ccc(CC(N)CCSC(F)(F)F)cc1. The second-order valence-electron chi connectivity index (χ2n) is 3.90. The molecule has 0 saturated carbocycles. The summed E-state index contributed by atoms with van der Waals surface area (Å²) in [6.07, 6.45) is 0.915. The van der Waals surface area contributed by atoms with Crippen LogP contribution in [-0.4, -0.2) is 24.4 Å². The monoisotopic (exact) mass is 279 g/mol. The van der Waals surface area contributed by atoms with Crippen LogP contribution in [0.3, 0.4) is 0 Å². The quantitative estimate of drug-likeness (QED) is 0.868. The van der Waals surface area contributed by atoms with Crippen LogP contribution in [0, 0.1) is 0 Å². The van der Waals surface area contributed by atoms with Crippen molar-refractivity contribution in [2.24, 2.45) is 5.73 Å². The maximum absolute atomic E-state index is 11.9. The van der Waals surface area contributed by atoms with E-state index in [0.717, 1.165) is 11.3 Å². The molecule has 0 amide bonds. The van der Waals surface area contributed by atoms with Gasteiger partial charge in [-0.05, 0) is 30.5 Å². The molecule has 2 N–H and O–H groups in total. The number of rotatable bonds is 6. The second kappa shape index (κ2) is 6.89. The number of hydrogen-bond donors (Lipinski definition) is 1. The van der Waals surface area contributed by atoms with Crippen molar-refractivity contribution in [1.82, 2.24) is 0 Å². The Labute approximate surface area is 109 Å². The standard InChI is InChI=1S/C12H16F3NOS/c1-17-11-4-2-9(3-5-11)8-10(16)6-7-18-12(13,14)15/h2-5,10H,6-8,16H2,1H3. The highest BCUT2D eigenvalue weighted by Crippen LogP contribution is 2.30. The summed E-state index contributed by atoms with van der Waals surface area (Å²) in [4.78, 5) is 0. The highest BCUT2D eigenvalue weighted by atomic mass is 32.2. The molecule has 2 nitrogen and oxygen atoms in total. The molecular weight excluding hydrogens is 263 g/mol. The van der Waals surface area contributed by atoms with Crippen LogP contribution in [0.4, 0.5) is 13.2 Å². The molecule has 1 rings (SSSR count). The van der Waals surface area contributed by atoms with E-state index in [1.54, 1.807) is 7.11 Å². The van der Waals surface area contributed by atoms with Crippen molar-refractivity contribution < 1.29 is 17.9 Å². The molecule has 0 heterocycles. The lowest BCUT2D eigenvalue weighted by atomic mass is 10.0. The molecule has 0 spiro atoms. The topological polar surface area (TPSA) is 35.2 Å². The molecular formula is C12H16F3NOS. The fourth-order valence-electron chi connectivity index (χ4n) is 1.49. The van der Waals surface area contributed by atoms with Gasteiger partial charge in [0.05, 0.1) is 7.11 Å². The predicted molar refractivity (Wildman–Crippen MR) is 67.8 cm³/mol. The first-order chi connectivity index (χ1) is 8.40. The van der Waals surface area contributed by atoms with Gasteiger partial charge in [-0.1, -0.05) is 23.9 Å². The normalized spacial score (nSPS) is 13.4. The third-order valence-electron chi connectivity index (χ3n) is 2.41. The van der Waals surface area contributed by atoms with E-state index in [1.807, 2.05) is 24.3 Å². The Kier molecular flexibility index (Phi) is 5.81. The van der Waals surface area contributed by atoms with E-state index in [0.29, 0.717) is 12.8 Å². The molecule has 0 aliphatic rings. The number of thioether (sulfide) groups is 1. The van der Waals surface area contributed by atoms with E-state index in [-0.39, 0.29) is 23.6 Å². The molecule has 18 heavy (non-hydrogen) atoms. The first-order valence-corrected chi connectivity index (χ1v) is 6.48. The van der Waals surface area contributed by atoms with Crippen LogP contribution in [0.25, 0.3) is 0 Å². The van der Waals surface area contributed by atoms with Crippen molar-refractivity contribution in [1.29, 1.82) is 0 Å². The number of alkyl halides is 3. The zero-order chi connectivity index (χ0) is 13.6. The fraction of sp³-hybridized carbons (Fsp3) is 0.500. The van der Waals surface area contributed by atoms with Crippen LogP contribution in [-0.2, 0) is 6.42 Å². The number of benzene rings is 1. The number of hydrogen-bond acceptors (Lipinski definition) is 3. The van der Waals surface area contributed by atoms with Gasteiger partial charge in [0.25, 0.3) is 0 Å². The van der Waals surface area contributed by atoms with Crippen molar-refractivity contribution in [2.75, 3.05) is 12.9 Å². The summed E-state index contributed by atoms with van der Waals surface area (Å²) in [5.41, 5.74) is 2.63. The van der Waals surface area contributed by atoms with E-state index < -0.39 is 5.51 Å². The van der Waals surface area contributed by atoms with Gasteiger partial charge in [0.15, 0.2) is 0 Å². The Morgan fingerprint density at radius 2 is 1.89 bits per heavy atom. The summed E-state index contributed by atoms with van der Waals surface area (Å²) in [5, 5.41) is 0. The Balaban J connectivity index is 2.32. The number of ether oxygens (including phenoxy) is 1. The van der Waals surface area contributed by atoms with Gasteiger partial charge in [-0.2, -0.15) is 13.2 Å². The molecule has 1 aromatic rings. The van der Waals surface area contributed by atoms with Crippen molar-refractivity contribution in [2.45, 2.75) is 24.4 Å². The van der Waals surface area contributed by atoms with Crippen molar-refractivity contribution in [3.8, 4) is 5.75 Å². The first kappa shape index (κ1) is 15.2. The smallest absolute Gasteiger partial charge is 0.441 e. The molecule has 6 heteroatoms. The van der Waals surface area contributed by atoms with Gasteiger partial charge in [-0.25, -0.2) is 0 Å². The summed E-state index contributed by atoms with van der Waals surface area (Å²) < 4.78 is 40.8. The van der Waals surface area contributed by atoms with Gasteiger partial charge in [-0.15, -0.1) is 0 Å². The zero-order valence-electron chi connectivity index (χ0n) is 10.0. The lowest BCUT2D eigenvalue weighted by Gasteiger charge is -2.12. The van der Waals surface area contributed by atoms with Crippen LogP contribution in [0.1, 0.15) is 12.0 Å². The van der Waals surface area contributed by atoms with Crippen molar-refractivity contribution in [3.63, 3.8) is 0 Å². The minimum atomic E-state index is -4.17. The van der Waals surface area contributed by atoms with Crippen LogP contribution in [0.2, 0.25) is 0 Å². The molecule has 0 fully saturated rings. The Morgan fingerprint density at radius 1 is 1.28 bits per heavy atom. The molecule has 0 aromatic heterocycles. The molecule has 0 radical (unpaired) electrons. The number of halogens is 3. The van der Waals surface area contributed by atoms with Crippen molar-refractivity contribution >= 4 is 11.8 Å². The summed E-state index contributed by atoms with van der Waals surface area (Å²) >= 11 is -0.0215. The van der Waals surface area contributed by atoms with E-state index in [1.165, 1.54) is 0 Å². The highest BCUT2D eigenvalue weighted by molar-refractivity contribution is 8.00. The second-order valence-corrected chi connectivity index (χ2v) is 5.05. The lowest BCUT2D eigenvalue weighted by Crippen LogP contribution is -2.24. The zero-order valence-corrected chi connectivity index (χ0v) is 10.9. The van der Waals surface area contributed by atoms with Gasteiger partial charge >= 0.3 is 5.51 Å². The van der Waals surface area contributed by atoms with Crippen LogP contribution < -0.4 is 10.5 Å². The average molecular weight is 279 g/mol. The van der Waals surface area contributed by atoms with E-state index in [2.05, 4.69) is 0 Å². The summed E-state index contributed by atoms with van der Waals surface area (Å²) in [6.45, 7) is 0. The molecule has 1 unspecified atom stereocenters. The van der Waals surface area contributed by atoms with E-state index in [9.17, 15) is 13.2 Å². The molecule has 1 atom stereocenters. The summed E-state index contributed by atoms with van der Waals surface area (Å²) in [5.74, 6) is 0.751. The van der Waals surface area contributed by atoms with Gasteiger partial charge in [0, 0.05) is 11.8 Å². The maximum Gasteiger partial charge on any atom is 0.441 e. The van der Waals surface area contributed by atoms with E-state index in [4.69, 9.17) is 10.5 Å². The van der Waals surface area contributed by atoms with E-state index >= 15 is 0 Å². The fourth-order valence-corrected chi connectivity index (χ4v) is 2.14. The Morgan fingerprint density at radius 3 is 2.39 bits per heavy atom. The lowest BCUT2D eigenvalue weighted by molar-refractivity contribution is -0.0328. The molecule has 0 saturated heterocycles. The summed E-state index contributed by atoms with van der Waals surface area (Å²) in [7, 11) is 1.58. The van der Waals surface area contributed by atoms with Crippen LogP contribution >= 0.6 is 11.8 Å². The third-order valence-corrected chi connectivity index (χ3v) is 3.18. The minimum Gasteiger partial charge on any atom is -0.497 e. The maximum atomic E-state index is 11.9. The third kappa shape index (κ3) is 6.16. The molecule has 102 valence electrons. The summed E-state index contributed by atoms with van der Waals surface area (Å²) in [6, 6.07) is 7.11.